The summed E-state index contributed by atoms with van der Waals surface area (Å²) < 4.78 is 0. The number of hydrogen-bond donors (Lipinski definition) is 1. The van der Waals surface area contributed by atoms with Crippen molar-refractivity contribution in [3.8, 4) is 0 Å². The number of aliphatic carboxylic acids is 1. The molecule has 0 aliphatic heterocycles. The van der Waals surface area contributed by atoms with Gasteiger partial charge in [-0.3, -0.25) is 9.59 Å². The van der Waals surface area contributed by atoms with E-state index >= 15 is 0 Å². The zero-order valence-corrected chi connectivity index (χ0v) is 8.57. The van der Waals surface area contributed by atoms with Crippen LogP contribution in [0.1, 0.15) is 27.2 Å². The Morgan fingerprint density at radius 2 is 1.77 bits per heavy atom. The zero-order valence-electron chi connectivity index (χ0n) is 8.57. The minimum absolute atomic E-state index is 0.101. The summed E-state index contributed by atoms with van der Waals surface area (Å²) in [7, 11) is 1.69. The molecular formula is C9H17NO3. The van der Waals surface area contributed by atoms with Gasteiger partial charge in [0.25, 0.3) is 0 Å². The van der Waals surface area contributed by atoms with Gasteiger partial charge in [0.15, 0.2) is 0 Å². The first-order chi connectivity index (χ1) is 5.86. The number of carbonyl (C=O) groups is 2. The van der Waals surface area contributed by atoms with Crippen LogP contribution in [-0.4, -0.2) is 35.0 Å². The van der Waals surface area contributed by atoms with E-state index < -0.39 is 11.9 Å². The van der Waals surface area contributed by atoms with Crippen molar-refractivity contribution in [1.82, 2.24) is 4.90 Å². The number of carbonyl (C=O) groups excluding carboxylic acids is 1. The molecule has 0 saturated heterocycles. The average Bonchev–Trinajstić information content (AvgIpc) is 2.00. The number of hydrogen-bond acceptors (Lipinski definition) is 2. The molecule has 0 spiro atoms. The molecule has 0 rings (SSSR count). The molecule has 13 heavy (non-hydrogen) atoms. The lowest BCUT2D eigenvalue weighted by atomic mass is 10.1. The number of nitrogens with zero attached hydrogens (tertiary/aromatic N) is 1. The fourth-order valence-corrected chi connectivity index (χ4v) is 0.951. The van der Waals surface area contributed by atoms with Crippen molar-refractivity contribution < 1.29 is 14.7 Å². The molecule has 0 radical (unpaired) electrons. The van der Waals surface area contributed by atoms with Crippen molar-refractivity contribution in [2.45, 2.75) is 33.2 Å². The Bertz CT molecular complexity index is 201. The summed E-state index contributed by atoms with van der Waals surface area (Å²) in [4.78, 5) is 23.4. The van der Waals surface area contributed by atoms with Gasteiger partial charge in [-0.2, -0.15) is 0 Å². The SMILES string of the molecule is CC(CC(=O)O)C(=O)N(C)C(C)C. The monoisotopic (exact) mass is 187 g/mol. The Morgan fingerprint density at radius 3 is 2.08 bits per heavy atom. The van der Waals surface area contributed by atoms with Gasteiger partial charge in [-0.15, -0.1) is 0 Å². The maximum Gasteiger partial charge on any atom is 0.304 e. The maximum absolute atomic E-state index is 11.5. The lowest BCUT2D eigenvalue weighted by molar-refractivity contribution is -0.144. The summed E-state index contributed by atoms with van der Waals surface area (Å²) in [6, 6.07) is 0.115. The molecular weight excluding hydrogens is 170 g/mol. The molecule has 0 aliphatic rings. The fourth-order valence-electron chi connectivity index (χ4n) is 0.951. The summed E-state index contributed by atoms with van der Waals surface area (Å²) in [6.07, 6.45) is -0.101. The molecule has 1 N–H and O–H groups in total. The molecule has 0 saturated carbocycles. The molecule has 0 aromatic heterocycles. The summed E-state index contributed by atoms with van der Waals surface area (Å²) in [6.45, 7) is 5.42. The highest BCUT2D eigenvalue weighted by Crippen LogP contribution is 2.08. The van der Waals surface area contributed by atoms with Gasteiger partial charge in [0, 0.05) is 19.0 Å². The van der Waals surface area contributed by atoms with Crippen molar-refractivity contribution in [3.05, 3.63) is 0 Å². The molecule has 0 heterocycles. The third-order valence-electron chi connectivity index (χ3n) is 2.02. The highest BCUT2D eigenvalue weighted by molar-refractivity contribution is 5.82. The van der Waals surface area contributed by atoms with E-state index in [1.54, 1.807) is 18.9 Å². The van der Waals surface area contributed by atoms with E-state index in [-0.39, 0.29) is 18.4 Å². The van der Waals surface area contributed by atoms with Crippen LogP contribution in [0.5, 0.6) is 0 Å². The summed E-state index contributed by atoms with van der Waals surface area (Å²) in [5.74, 6) is -1.49. The van der Waals surface area contributed by atoms with Gasteiger partial charge in [-0.1, -0.05) is 6.92 Å². The first kappa shape index (κ1) is 11.9. The minimum Gasteiger partial charge on any atom is -0.481 e. The van der Waals surface area contributed by atoms with Gasteiger partial charge < -0.3 is 10.0 Å². The Balaban J connectivity index is 4.17. The average molecular weight is 187 g/mol. The van der Waals surface area contributed by atoms with E-state index in [1.165, 1.54) is 0 Å². The van der Waals surface area contributed by atoms with Gasteiger partial charge in [0.2, 0.25) is 5.91 Å². The number of carboxylic acid groups (broad SMARTS) is 1. The van der Waals surface area contributed by atoms with E-state index in [2.05, 4.69) is 0 Å². The first-order valence-corrected chi connectivity index (χ1v) is 4.34. The lowest BCUT2D eigenvalue weighted by Crippen LogP contribution is -2.37. The summed E-state index contributed by atoms with van der Waals surface area (Å²) in [5, 5.41) is 8.48. The highest BCUT2D eigenvalue weighted by Gasteiger charge is 2.21. The van der Waals surface area contributed by atoms with Crippen LogP contribution in [0.15, 0.2) is 0 Å². The van der Waals surface area contributed by atoms with Crippen LogP contribution in [0.25, 0.3) is 0 Å². The van der Waals surface area contributed by atoms with Crippen molar-refractivity contribution >= 4 is 11.9 Å². The summed E-state index contributed by atoms with van der Waals surface area (Å²) in [5.41, 5.74) is 0. The standard InChI is InChI=1S/C9H17NO3/c1-6(2)10(4)9(13)7(3)5-8(11)12/h6-7H,5H2,1-4H3,(H,11,12). The van der Waals surface area contributed by atoms with Gasteiger partial charge in [0.1, 0.15) is 0 Å². The van der Waals surface area contributed by atoms with Crippen LogP contribution in [0.2, 0.25) is 0 Å². The number of carboxylic acids is 1. The molecule has 0 aliphatic carbocycles. The molecule has 0 fully saturated rings. The topological polar surface area (TPSA) is 57.6 Å². The molecule has 1 amide bonds. The summed E-state index contributed by atoms with van der Waals surface area (Å²) >= 11 is 0. The quantitative estimate of drug-likeness (QED) is 0.713. The molecule has 0 aromatic carbocycles. The smallest absolute Gasteiger partial charge is 0.304 e. The predicted molar refractivity (Wildman–Crippen MR) is 49.3 cm³/mol. The van der Waals surface area contributed by atoms with Gasteiger partial charge in [-0.05, 0) is 13.8 Å². The Kier molecular flexibility index (Phi) is 4.45. The first-order valence-electron chi connectivity index (χ1n) is 4.34. The van der Waals surface area contributed by atoms with Crippen molar-refractivity contribution in [2.75, 3.05) is 7.05 Å². The Morgan fingerprint density at radius 1 is 1.31 bits per heavy atom. The van der Waals surface area contributed by atoms with Crippen molar-refractivity contribution in [2.24, 2.45) is 5.92 Å². The fraction of sp³-hybridized carbons (Fsp3) is 0.778. The van der Waals surface area contributed by atoms with Crippen molar-refractivity contribution in [3.63, 3.8) is 0 Å². The van der Waals surface area contributed by atoms with E-state index in [9.17, 15) is 9.59 Å². The predicted octanol–water partition coefficient (Wildman–Crippen LogP) is 0.964. The molecule has 4 heteroatoms. The van der Waals surface area contributed by atoms with Crippen LogP contribution >= 0.6 is 0 Å². The van der Waals surface area contributed by atoms with Crippen LogP contribution < -0.4 is 0 Å². The third kappa shape index (κ3) is 3.92. The second kappa shape index (κ2) is 4.84. The molecule has 0 aromatic rings. The molecule has 4 nitrogen and oxygen atoms in total. The van der Waals surface area contributed by atoms with Crippen LogP contribution in [0, 0.1) is 5.92 Å². The highest BCUT2D eigenvalue weighted by atomic mass is 16.4. The lowest BCUT2D eigenvalue weighted by Gasteiger charge is -2.24. The number of rotatable bonds is 4. The third-order valence-corrected chi connectivity index (χ3v) is 2.02. The molecule has 1 atom stereocenters. The van der Waals surface area contributed by atoms with Crippen LogP contribution in [0.3, 0.4) is 0 Å². The Hall–Kier alpha value is -1.06. The normalized spacial score (nSPS) is 12.7. The van der Waals surface area contributed by atoms with Crippen LogP contribution in [-0.2, 0) is 9.59 Å². The van der Waals surface area contributed by atoms with Gasteiger partial charge in [0.05, 0.1) is 6.42 Å². The van der Waals surface area contributed by atoms with E-state index in [1.807, 2.05) is 13.8 Å². The van der Waals surface area contributed by atoms with E-state index in [0.717, 1.165) is 0 Å². The number of amides is 1. The minimum atomic E-state index is -0.932. The second-order valence-electron chi connectivity index (χ2n) is 3.54. The van der Waals surface area contributed by atoms with Crippen molar-refractivity contribution in [1.29, 1.82) is 0 Å². The van der Waals surface area contributed by atoms with Gasteiger partial charge >= 0.3 is 5.97 Å². The Labute approximate surface area is 78.5 Å². The molecule has 76 valence electrons. The molecule has 0 bridgehead atoms. The maximum atomic E-state index is 11.5. The van der Waals surface area contributed by atoms with E-state index in [0.29, 0.717) is 0 Å². The zero-order chi connectivity index (χ0) is 10.6. The largest absolute Gasteiger partial charge is 0.481 e. The second-order valence-corrected chi connectivity index (χ2v) is 3.54. The van der Waals surface area contributed by atoms with Crippen LogP contribution in [0.4, 0.5) is 0 Å². The molecule has 1 unspecified atom stereocenters. The van der Waals surface area contributed by atoms with E-state index in [4.69, 9.17) is 5.11 Å². The van der Waals surface area contributed by atoms with Gasteiger partial charge in [-0.25, -0.2) is 0 Å².